The van der Waals surface area contributed by atoms with E-state index in [0.717, 1.165) is 19.7 Å². The highest BCUT2D eigenvalue weighted by molar-refractivity contribution is 8.01. The molecule has 0 unspecified atom stereocenters. The molecule has 2 aromatic rings. The van der Waals surface area contributed by atoms with Crippen molar-refractivity contribution in [3.05, 3.63) is 40.9 Å². The maximum Gasteiger partial charge on any atom is 0.192 e. The first-order valence-electron chi connectivity index (χ1n) is 8.83. The van der Waals surface area contributed by atoms with Crippen molar-refractivity contribution in [2.75, 3.05) is 19.8 Å². The summed E-state index contributed by atoms with van der Waals surface area (Å²) < 4.78 is 17.9. The van der Waals surface area contributed by atoms with Crippen LogP contribution in [0.4, 0.5) is 0 Å². The summed E-state index contributed by atoms with van der Waals surface area (Å²) in [6.45, 7) is 5.79. The van der Waals surface area contributed by atoms with Gasteiger partial charge in [0.25, 0.3) is 0 Å². The molecule has 1 N–H and O–H groups in total. The fourth-order valence-corrected chi connectivity index (χ4v) is 5.50. The van der Waals surface area contributed by atoms with Crippen LogP contribution in [0.15, 0.2) is 39.7 Å². The minimum atomic E-state index is -0.816. The zero-order valence-electron chi connectivity index (χ0n) is 14.9. The number of aliphatic hydroxyl groups is 1. The van der Waals surface area contributed by atoms with E-state index in [1.165, 1.54) is 0 Å². The first kappa shape index (κ1) is 18.4. The van der Waals surface area contributed by atoms with Gasteiger partial charge in [0.2, 0.25) is 0 Å². The molecular formula is C19H23NO4S2. The first-order chi connectivity index (χ1) is 12.5. The maximum absolute atomic E-state index is 10.9. The topological polar surface area (TPSA) is 60.8 Å². The van der Waals surface area contributed by atoms with E-state index in [1.54, 1.807) is 29.3 Å². The summed E-state index contributed by atoms with van der Waals surface area (Å²) in [4.78, 5) is 6.53. The molecule has 0 aliphatic carbocycles. The maximum atomic E-state index is 10.9. The standard InChI is InChI=1S/C19H23NO4S2/c1-13-11-19(21,7-8-22-13)16-12-20-17(26-16)25-15-5-3-14(4-6-15)18(2)23-9-10-24-18/h3-6,12-13,21H,7-11H2,1-2H3/t13-,19+/m0/s1. The van der Waals surface area contributed by atoms with Gasteiger partial charge in [0.05, 0.1) is 30.8 Å². The zero-order valence-corrected chi connectivity index (χ0v) is 16.6. The average Bonchev–Trinajstić information content (AvgIpc) is 3.26. The van der Waals surface area contributed by atoms with E-state index in [-0.39, 0.29) is 6.10 Å². The monoisotopic (exact) mass is 393 g/mol. The smallest absolute Gasteiger partial charge is 0.192 e. The Kier molecular flexibility index (Phi) is 5.11. The molecule has 2 fully saturated rings. The van der Waals surface area contributed by atoms with Gasteiger partial charge in [-0.3, -0.25) is 0 Å². The highest BCUT2D eigenvalue weighted by Gasteiger charge is 2.37. The van der Waals surface area contributed by atoms with E-state index in [9.17, 15) is 5.11 Å². The van der Waals surface area contributed by atoms with Crippen molar-refractivity contribution in [1.82, 2.24) is 4.98 Å². The molecule has 7 heteroatoms. The third-order valence-corrected chi connectivity index (χ3v) is 7.18. The van der Waals surface area contributed by atoms with Gasteiger partial charge in [0.1, 0.15) is 5.60 Å². The van der Waals surface area contributed by atoms with Crippen molar-refractivity contribution in [2.45, 2.75) is 53.4 Å². The fraction of sp³-hybridized carbons (Fsp3) is 0.526. The van der Waals surface area contributed by atoms with Crippen molar-refractivity contribution >= 4 is 23.1 Å². The number of hydrogen-bond donors (Lipinski definition) is 1. The van der Waals surface area contributed by atoms with Gasteiger partial charge in [-0.2, -0.15) is 0 Å². The quantitative estimate of drug-likeness (QED) is 0.850. The van der Waals surface area contributed by atoms with Crippen LogP contribution in [-0.4, -0.2) is 36.0 Å². The molecular weight excluding hydrogens is 370 g/mol. The second-order valence-electron chi connectivity index (χ2n) is 6.93. The van der Waals surface area contributed by atoms with Gasteiger partial charge in [0, 0.05) is 29.5 Å². The molecule has 4 rings (SSSR count). The lowest BCUT2D eigenvalue weighted by Crippen LogP contribution is -2.36. The van der Waals surface area contributed by atoms with Gasteiger partial charge in [-0.1, -0.05) is 23.9 Å². The Labute approximate surface area is 161 Å². The van der Waals surface area contributed by atoms with Crippen molar-refractivity contribution in [3.8, 4) is 0 Å². The van der Waals surface area contributed by atoms with E-state index < -0.39 is 11.4 Å². The molecule has 0 amide bonds. The minimum absolute atomic E-state index is 0.0703. The van der Waals surface area contributed by atoms with Crippen LogP contribution in [0, 0.1) is 0 Å². The molecule has 5 nitrogen and oxygen atoms in total. The van der Waals surface area contributed by atoms with E-state index >= 15 is 0 Å². The van der Waals surface area contributed by atoms with Crippen LogP contribution in [0.1, 0.15) is 37.1 Å². The third kappa shape index (κ3) is 3.69. The van der Waals surface area contributed by atoms with Gasteiger partial charge in [-0.05, 0) is 26.0 Å². The predicted molar refractivity (Wildman–Crippen MR) is 100 cm³/mol. The highest BCUT2D eigenvalue weighted by Crippen LogP contribution is 2.41. The summed E-state index contributed by atoms with van der Waals surface area (Å²) in [6, 6.07) is 8.19. The lowest BCUT2D eigenvalue weighted by Gasteiger charge is -2.34. The van der Waals surface area contributed by atoms with Crippen molar-refractivity contribution in [1.29, 1.82) is 0 Å². The van der Waals surface area contributed by atoms with Crippen LogP contribution in [-0.2, 0) is 25.6 Å². The average molecular weight is 394 g/mol. The van der Waals surface area contributed by atoms with Crippen LogP contribution < -0.4 is 0 Å². The number of nitrogens with zero attached hydrogens (tertiary/aromatic N) is 1. The van der Waals surface area contributed by atoms with Crippen molar-refractivity contribution < 1.29 is 19.3 Å². The SMILES string of the molecule is C[C@H]1C[C@@](O)(c2cnc(Sc3ccc(C4(C)OCCO4)cc3)s2)CCO1. The second kappa shape index (κ2) is 7.22. The third-order valence-electron chi connectivity index (χ3n) is 4.91. The molecule has 0 saturated carbocycles. The molecule has 2 aliphatic rings. The van der Waals surface area contributed by atoms with Crippen molar-refractivity contribution in [2.24, 2.45) is 0 Å². The summed E-state index contributed by atoms with van der Waals surface area (Å²) in [5, 5.41) is 10.9. The van der Waals surface area contributed by atoms with Crippen LogP contribution in [0.5, 0.6) is 0 Å². The number of ether oxygens (including phenoxy) is 3. The molecule has 1 aromatic carbocycles. The Bertz CT molecular complexity index is 757. The summed E-state index contributed by atoms with van der Waals surface area (Å²) in [6.07, 6.45) is 3.12. The summed E-state index contributed by atoms with van der Waals surface area (Å²) in [5.41, 5.74) is 0.202. The Hall–Kier alpha value is -0.960. The van der Waals surface area contributed by atoms with Gasteiger partial charge in [-0.25, -0.2) is 4.98 Å². The minimum Gasteiger partial charge on any atom is -0.384 e. The molecule has 2 aliphatic heterocycles. The van der Waals surface area contributed by atoms with Gasteiger partial charge in [0.15, 0.2) is 10.1 Å². The molecule has 0 spiro atoms. The van der Waals surface area contributed by atoms with E-state index in [1.807, 2.05) is 26.0 Å². The van der Waals surface area contributed by atoms with E-state index in [4.69, 9.17) is 14.2 Å². The predicted octanol–water partition coefficient (Wildman–Crippen LogP) is 3.90. The fourth-order valence-electron chi connectivity index (χ4n) is 3.42. The number of benzene rings is 1. The lowest BCUT2D eigenvalue weighted by atomic mass is 9.90. The molecule has 2 saturated heterocycles. The van der Waals surface area contributed by atoms with E-state index in [2.05, 4.69) is 17.1 Å². The summed E-state index contributed by atoms with van der Waals surface area (Å²) in [5.74, 6) is -0.638. The Morgan fingerprint density at radius 1 is 1.19 bits per heavy atom. The molecule has 2 atom stereocenters. The summed E-state index contributed by atoms with van der Waals surface area (Å²) >= 11 is 3.17. The molecule has 140 valence electrons. The van der Waals surface area contributed by atoms with Crippen LogP contribution >= 0.6 is 23.1 Å². The summed E-state index contributed by atoms with van der Waals surface area (Å²) in [7, 11) is 0. The lowest BCUT2D eigenvalue weighted by molar-refractivity contribution is -0.149. The Morgan fingerprint density at radius 2 is 1.92 bits per heavy atom. The molecule has 3 heterocycles. The number of hydrogen-bond acceptors (Lipinski definition) is 7. The second-order valence-corrected chi connectivity index (χ2v) is 9.28. The molecule has 1 aromatic heterocycles. The zero-order chi connectivity index (χ0) is 18.2. The molecule has 0 radical (unpaired) electrons. The van der Waals surface area contributed by atoms with Crippen LogP contribution in [0.3, 0.4) is 0 Å². The van der Waals surface area contributed by atoms with Gasteiger partial charge >= 0.3 is 0 Å². The normalized spacial score (nSPS) is 28.3. The Balaban J connectivity index is 1.46. The van der Waals surface area contributed by atoms with Crippen LogP contribution in [0.25, 0.3) is 0 Å². The van der Waals surface area contributed by atoms with Gasteiger partial charge in [-0.15, -0.1) is 11.3 Å². The van der Waals surface area contributed by atoms with E-state index in [0.29, 0.717) is 32.7 Å². The number of aromatic nitrogens is 1. The largest absolute Gasteiger partial charge is 0.384 e. The Morgan fingerprint density at radius 3 is 2.62 bits per heavy atom. The molecule has 26 heavy (non-hydrogen) atoms. The highest BCUT2D eigenvalue weighted by atomic mass is 32.2. The number of thiazole rings is 1. The molecule has 0 bridgehead atoms. The first-order valence-corrected chi connectivity index (χ1v) is 10.5. The van der Waals surface area contributed by atoms with Crippen molar-refractivity contribution in [3.63, 3.8) is 0 Å². The van der Waals surface area contributed by atoms with Crippen LogP contribution in [0.2, 0.25) is 0 Å². The number of rotatable bonds is 4. The van der Waals surface area contributed by atoms with Gasteiger partial charge < -0.3 is 19.3 Å².